The maximum Gasteiger partial charge on any atom is 0.254 e. The highest BCUT2D eigenvalue weighted by Crippen LogP contribution is 2.29. The molecule has 0 radical (unpaired) electrons. The van der Waals surface area contributed by atoms with Crippen LogP contribution in [0.5, 0.6) is 5.75 Å². The number of ether oxygens (including phenoxy) is 2. The fourth-order valence-corrected chi connectivity index (χ4v) is 4.83. The Balaban J connectivity index is 1.54. The Morgan fingerprint density at radius 2 is 1.86 bits per heavy atom. The third-order valence-corrected chi connectivity index (χ3v) is 5.79. The highest BCUT2D eigenvalue weighted by atomic mass is 127. The van der Waals surface area contributed by atoms with Gasteiger partial charge in [-0.2, -0.15) is 5.10 Å². The number of carbonyl (C=O) groups is 1. The van der Waals surface area contributed by atoms with E-state index in [-0.39, 0.29) is 11.7 Å². The van der Waals surface area contributed by atoms with E-state index in [2.05, 4.69) is 55.7 Å². The molecule has 6 nitrogen and oxygen atoms in total. The second kappa shape index (κ2) is 11.2. The van der Waals surface area contributed by atoms with Crippen molar-refractivity contribution in [1.29, 1.82) is 0 Å². The number of hydrogen-bond acceptors (Lipinski definition) is 5. The van der Waals surface area contributed by atoms with Gasteiger partial charge in [0.1, 0.15) is 18.2 Å². The Hall–Kier alpha value is -1.31. The summed E-state index contributed by atoms with van der Waals surface area (Å²) in [6, 6.07) is 10.1. The molecule has 0 bridgehead atoms. The lowest BCUT2D eigenvalue weighted by Crippen LogP contribution is -2.42. The van der Waals surface area contributed by atoms with Gasteiger partial charge in [-0.05, 0) is 80.6 Å². The number of halogens is 3. The summed E-state index contributed by atoms with van der Waals surface area (Å²) in [5.41, 5.74) is 4.32. The summed E-state index contributed by atoms with van der Waals surface area (Å²) in [7, 11) is 0. The van der Waals surface area contributed by atoms with Gasteiger partial charge in [0.05, 0.1) is 33.1 Å². The van der Waals surface area contributed by atoms with Gasteiger partial charge in [0, 0.05) is 13.1 Å². The quantitative estimate of drug-likeness (QED) is 0.292. The van der Waals surface area contributed by atoms with Crippen LogP contribution in [-0.4, -0.2) is 49.9 Å². The van der Waals surface area contributed by atoms with Crippen molar-refractivity contribution >= 4 is 57.3 Å². The molecule has 2 aromatic carbocycles. The molecule has 1 amide bonds. The fourth-order valence-electron chi connectivity index (χ4n) is 2.70. The molecule has 1 saturated heterocycles. The van der Waals surface area contributed by atoms with Crippen molar-refractivity contribution in [3.8, 4) is 5.75 Å². The molecule has 1 N–H and O–H groups in total. The Morgan fingerprint density at radius 3 is 2.52 bits per heavy atom. The normalized spacial score (nSPS) is 14.9. The standard InChI is InChI=1S/C20H20FI2N3O3/c21-16-3-1-14(2-4-16)13-29-20-17(22)9-15(10-18(20)23)11-24-25-19(27)12-26-5-7-28-8-6-26/h1-4,9-11H,5-8,12-13H2,(H,25,27)/b24-11+. The van der Waals surface area contributed by atoms with Crippen LogP contribution < -0.4 is 10.2 Å². The minimum absolute atomic E-state index is 0.146. The molecule has 0 aromatic heterocycles. The summed E-state index contributed by atoms with van der Waals surface area (Å²) in [5, 5.41) is 4.06. The molecular formula is C20H20FI2N3O3. The molecule has 154 valence electrons. The highest BCUT2D eigenvalue weighted by Gasteiger charge is 2.13. The largest absolute Gasteiger partial charge is 0.487 e. The number of hydrazone groups is 1. The molecule has 0 saturated carbocycles. The molecule has 29 heavy (non-hydrogen) atoms. The second-order valence-corrected chi connectivity index (χ2v) is 8.73. The van der Waals surface area contributed by atoms with Gasteiger partial charge in [-0.15, -0.1) is 0 Å². The third-order valence-electron chi connectivity index (χ3n) is 4.19. The minimum Gasteiger partial charge on any atom is -0.487 e. The zero-order chi connectivity index (χ0) is 20.6. The summed E-state index contributed by atoms with van der Waals surface area (Å²) >= 11 is 4.41. The van der Waals surface area contributed by atoms with Crippen LogP contribution in [0, 0.1) is 13.0 Å². The molecule has 0 aliphatic carbocycles. The number of amides is 1. The van der Waals surface area contributed by atoms with Gasteiger partial charge in [0.15, 0.2) is 0 Å². The maximum atomic E-state index is 13.0. The highest BCUT2D eigenvalue weighted by molar-refractivity contribution is 14.1. The molecule has 1 aliphatic heterocycles. The Bertz CT molecular complexity index is 849. The van der Waals surface area contributed by atoms with E-state index in [9.17, 15) is 9.18 Å². The first-order valence-corrected chi connectivity index (χ1v) is 11.2. The summed E-state index contributed by atoms with van der Waals surface area (Å²) < 4.78 is 26.0. The van der Waals surface area contributed by atoms with Gasteiger partial charge in [-0.25, -0.2) is 9.82 Å². The maximum absolute atomic E-state index is 13.0. The van der Waals surface area contributed by atoms with Crippen molar-refractivity contribution in [3.05, 3.63) is 60.5 Å². The SMILES string of the molecule is O=C(CN1CCOCC1)N/N=C/c1cc(I)c(OCc2ccc(F)cc2)c(I)c1. The third kappa shape index (κ3) is 7.15. The van der Waals surface area contributed by atoms with Gasteiger partial charge < -0.3 is 9.47 Å². The van der Waals surface area contributed by atoms with E-state index in [1.165, 1.54) is 12.1 Å². The minimum atomic E-state index is -0.265. The van der Waals surface area contributed by atoms with E-state index < -0.39 is 0 Å². The lowest BCUT2D eigenvalue weighted by molar-refractivity contribution is -0.123. The van der Waals surface area contributed by atoms with Gasteiger partial charge in [0.2, 0.25) is 0 Å². The molecule has 0 spiro atoms. The zero-order valence-corrected chi connectivity index (χ0v) is 19.9. The molecule has 1 aliphatic rings. The summed E-state index contributed by atoms with van der Waals surface area (Å²) in [6.07, 6.45) is 1.62. The van der Waals surface area contributed by atoms with Crippen LogP contribution in [0.15, 0.2) is 41.5 Å². The van der Waals surface area contributed by atoms with E-state index >= 15 is 0 Å². The Labute approximate surface area is 196 Å². The van der Waals surface area contributed by atoms with Crippen LogP contribution in [0.3, 0.4) is 0 Å². The van der Waals surface area contributed by atoms with Crippen LogP contribution in [0.2, 0.25) is 0 Å². The summed E-state index contributed by atoms with van der Waals surface area (Å²) in [5.74, 6) is 0.356. The van der Waals surface area contributed by atoms with E-state index in [0.29, 0.717) is 26.4 Å². The van der Waals surface area contributed by atoms with Crippen molar-refractivity contribution in [3.63, 3.8) is 0 Å². The summed E-state index contributed by atoms with van der Waals surface area (Å²) in [6.45, 7) is 3.50. The van der Waals surface area contributed by atoms with Crippen molar-refractivity contribution in [1.82, 2.24) is 10.3 Å². The van der Waals surface area contributed by atoms with Gasteiger partial charge in [-0.3, -0.25) is 9.69 Å². The van der Waals surface area contributed by atoms with Gasteiger partial charge >= 0.3 is 0 Å². The molecule has 1 heterocycles. The predicted octanol–water partition coefficient (Wildman–Crippen LogP) is 3.40. The number of benzene rings is 2. The molecule has 0 unspecified atom stereocenters. The topological polar surface area (TPSA) is 63.2 Å². The first kappa shape index (κ1) is 22.4. The molecule has 2 aromatic rings. The Kier molecular flexibility index (Phi) is 8.63. The lowest BCUT2D eigenvalue weighted by Gasteiger charge is -2.25. The number of nitrogens with zero attached hydrogens (tertiary/aromatic N) is 2. The number of nitrogens with one attached hydrogen (secondary N) is 1. The lowest BCUT2D eigenvalue weighted by atomic mass is 10.2. The molecule has 0 atom stereocenters. The van der Waals surface area contributed by atoms with Crippen LogP contribution in [0.1, 0.15) is 11.1 Å². The van der Waals surface area contributed by atoms with Crippen LogP contribution in [0.25, 0.3) is 0 Å². The van der Waals surface area contributed by atoms with E-state index in [0.717, 1.165) is 37.1 Å². The van der Waals surface area contributed by atoms with Gasteiger partial charge in [0.25, 0.3) is 5.91 Å². The first-order chi connectivity index (χ1) is 14.0. The van der Waals surface area contributed by atoms with Crippen molar-refractivity contribution in [2.75, 3.05) is 32.8 Å². The average molecular weight is 623 g/mol. The van der Waals surface area contributed by atoms with Gasteiger partial charge in [-0.1, -0.05) is 12.1 Å². The van der Waals surface area contributed by atoms with Crippen LogP contribution in [0.4, 0.5) is 4.39 Å². The number of hydrogen-bond donors (Lipinski definition) is 1. The van der Waals surface area contributed by atoms with E-state index in [4.69, 9.17) is 9.47 Å². The second-order valence-electron chi connectivity index (χ2n) is 6.41. The van der Waals surface area contributed by atoms with Crippen molar-refractivity contribution < 1.29 is 18.7 Å². The summed E-state index contributed by atoms with van der Waals surface area (Å²) in [4.78, 5) is 14.0. The van der Waals surface area contributed by atoms with E-state index in [1.807, 2.05) is 17.0 Å². The smallest absolute Gasteiger partial charge is 0.254 e. The van der Waals surface area contributed by atoms with Crippen molar-refractivity contribution in [2.45, 2.75) is 6.61 Å². The Morgan fingerprint density at radius 1 is 1.21 bits per heavy atom. The predicted molar refractivity (Wildman–Crippen MR) is 126 cm³/mol. The molecule has 9 heteroatoms. The molecular weight excluding hydrogens is 603 g/mol. The number of rotatable bonds is 7. The van der Waals surface area contributed by atoms with Crippen LogP contribution >= 0.6 is 45.2 Å². The number of morpholine rings is 1. The average Bonchev–Trinajstić information content (AvgIpc) is 2.69. The molecule has 3 rings (SSSR count). The van der Waals surface area contributed by atoms with Crippen molar-refractivity contribution in [2.24, 2.45) is 5.10 Å². The van der Waals surface area contributed by atoms with E-state index in [1.54, 1.807) is 18.3 Å². The fraction of sp³-hybridized carbons (Fsp3) is 0.300. The molecule has 1 fully saturated rings. The van der Waals surface area contributed by atoms with Crippen LogP contribution in [-0.2, 0) is 16.1 Å². The number of carbonyl (C=O) groups excluding carboxylic acids is 1. The zero-order valence-electron chi connectivity index (χ0n) is 15.5. The first-order valence-electron chi connectivity index (χ1n) is 8.99. The monoisotopic (exact) mass is 623 g/mol.